The molecule has 0 aliphatic rings. The molecule has 0 aromatic carbocycles. The summed E-state index contributed by atoms with van der Waals surface area (Å²) >= 11 is 0. The van der Waals surface area contributed by atoms with Gasteiger partial charge in [0, 0.05) is 35.6 Å². The quantitative estimate of drug-likeness (QED) is 0.729. The number of methoxy groups -OCH3 is 1. The van der Waals surface area contributed by atoms with Gasteiger partial charge >= 0.3 is 0 Å². The Kier molecular flexibility index (Phi) is 2.26. The summed E-state index contributed by atoms with van der Waals surface area (Å²) in [7, 11) is 1.61. The number of rotatable bonds is 2. The summed E-state index contributed by atoms with van der Waals surface area (Å²) in [5.74, 6) is 0.619. The number of nitrogens with one attached hydrogen (secondary N) is 1. The van der Waals surface area contributed by atoms with Gasteiger partial charge in [-0.3, -0.25) is 0 Å². The topological polar surface area (TPSA) is 50.8 Å². The van der Waals surface area contributed by atoms with Crippen LogP contribution in [-0.4, -0.2) is 22.1 Å². The third kappa shape index (κ3) is 1.63. The predicted molar refractivity (Wildman–Crippen MR) is 65.9 cm³/mol. The monoisotopic (exact) mass is 225 g/mol. The van der Waals surface area contributed by atoms with Gasteiger partial charge in [-0.2, -0.15) is 0 Å². The van der Waals surface area contributed by atoms with Crippen molar-refractivity contribution in [3.05, 3.63) is 42.9 Å². The number of hydrogen-bond donors (Lipinski definition) is 1. The van der Waals surface area contributed by atoms with Crippen molar-refractivity contribution in [1.82, 2.24) is 15.0 Å². The molecule has 0 radical (unpaired) electrons. The van der Waals surface area contributed by atoms with Crippen molar-refractivity contribution < 1.29 is 4.74 Å². The molecule has 17 heavy (non-hydrogen) atoms. The normalized spacial score (nSPS) is 10.6. The van der Waals surface area contributed by atoms with E-state index >= 15 is 0 Å². The molecule has 1 N–H and O–H groups in total. The molecule has 0 spiro atoms. The van der Waals surface area contributed by atoms with Crippen LogP contribution in [0, 0.1) is 0 Å². The van der Waals surface area contributed by atoms with Crippen LogP contribution in [-0.2, 0) is 0 Å². The number of fused-ring (bicyclic) bond motifs is 1. The van der Waals surface area contributed by atoms with Crippen molar-refractivity contribution >= 4 is 11.0 Å². The average molecular weight is 225 g/mol. The van der Waals surface area contributed by atoms with Gasteiger partial charge in [-0.25, -0.2) is 9.97 Å². The largest absolute Gasteiger partial charge is 0.481 e. The van der Waals surface area contributed by atoms with Gasteiger partial charge in [0.05, 0.1) is 7.11 Å². The first-order valence-corrected chi connectivity index (χ1v) is 5.31. The lowest BCUT2D eigenvalue weighted by Crippen LogP contribution is -1.88. The summed E-state index contributed by atoms with van der Waals surface area (Å²) in [4.78, 5) is 11.6. The molecule has 4 nitrogen and oxygen atoms in total. The van der Waals surface area contributed by atoms with Crippen molar-refractivity contribution in [3.63, 3.8) is 0 Å². The number of hydrogen-bond acceptors (Lipinski definition) is 3. The van der Waals surface area contributed by atoms with E-state index in [9.17, 15) is 0 Å². The Hall–Kier alpha value is -2.36. The molecule has 3 aromatic rings. The Bertz CT molecular complexity index is 643. The van der Waals surface area contributed by atoms with Crippen LogP contribution in [0.15, 0.2) is 42.9 Å². The second-order valence-corrected chi connectivity index (χ2v) is 3.69. The highest BCUT2D eigenvalue weighted by Gasteiger charge is 2.05. The van der Waals surface area contributed by atoms with Crippen LogP contribution in [0.5, 0.6) is 5.88 Å². The third-order valence-electron chi connectivity index (χ3n) is 2.72. The highest BCUT2D eigenvalue weighted by molar-refractivity contribution is 5.92. The zero-order valence-corrected chi connectivity index (χ0v) is 9.34. The van der Waals surface area contributed by atoms with Gasteiger partial charge < -0.3 is 9.72 Å². The van der Waals surface area contributed by atoms with Gasteiger partial charge in [0.2, 0.25) is 5.88 Å². The van der Waals surface area contributed by atoms with E-state index in [1.54, 1.807) is 19.5 Å². The molecule has 0 amide bonds. The molecule has 0 saturated carbocycles. The lowest BCUT2D eigenvalue weighted by atomic mass is 10.1. The van der Waals surface area contributed by atoms with E-state index in [4.69, 9.17) is 4.74 Å². The van der Waals surface area contributed by atoms with Crippen LogP contribution in [0.2, 0.25) is 0 Å². The fourth-order valence-electron chi connectivity index (χ4n) is 1.87. The Morgan fingerprint density at radius 1 is 1.12 bits per heavy atom. The van der Waals surface area contributed by atoms with Crippen molar-refractivity contribution in [2.75, 3.05) is 7.11 Å². The molecule has 3 heterocycles. The molecule has 0 aliphatic heterocycles. The van der Waals surface area contributed by atoms with Crippen molar-refractivity contribution in [3.8, 4) is 17.0 Å². The Morgan fingerprint density at radius 3 is 2.82 bits per heavy atom. The smallest absolute Gasteiger partial charge is 0.212 e. The molecular formula is C13H11N3O. The van der Waals surface area contributed by atoms with Gasteiger partial charge in [0.1, 0.15) is 5.65 Å². The van der Waals surface area contributed by atoms with Crippen LogP contribution in [0.4, 0.5) is 0 Å². The summed E-state index contributed by atoms with van der Waals surface area (Å²) in [6, 6.07) is 7.85. The summed E-state index contributed by atoms with van der Waals surface area (Å²) in [6.07, 6.45) is 5.48. The molecule has 0 unspecified atom stereocenters. The van der Waals surface area contributed by atoms with Crippen molar-refractivity contribution in [2.45, 2.75) is 0 Å². The van der Waals surface area contributed by atoms with E-state index in [1.165, 1.54) is 0 Å². The molecule has 3 aromatic heterocycles. The second kappa shape index (κ2) is 3.90. The number of ether oxygens (including phenoxy) is 1. The lowest BCUT2D eigenvalue weighted by molar-refractivity contribution is 0.398. The molecule has 0 aliphatic carbocycles. The van der Waals surface area contributed by atoms with E-state index < -0.39 is 0 Å². The highest BCUT2D eigenvalue weighted by atomic mass is 16.5. The van der Waals surface area contributed by atoms with E-state index in [0.29, 0.717) is 5.88 Å². The zero-order chi connectivity index (χ0) is 11.7. The summed E-state index contributed by atoms with van der Waals surface area (Å²) < 4.78 is 5.05. The number of aromatic nitrogens is 3. The van der Waals surface area contributed by atoms with Gasteiger partial charge in [0.25, 0.3) is 0 Å². The minimum atomic E-state index is 0.619. The molecule has 4 heteroatoms. The molecule has 3 rings (SSSR count). The van der Waals surface area contributed by atoms with Crippen molar-refractivity contribution in [2.24, 2.45) is 0 Å². The number of aromatic amines is 1. The Balaban J connectivity index is 2.16. The third-order valence-corrected chi connectivity index (χ3v) is 2.72. The van der Waals surface area contributed by atoms with E-state index in [1.807, 2.05) is 30.5 Å². The van der Waals surface area contributed by atoms with E-state index in [-0.39, 0.29) is 0 Å². The molecule has 0 bridgehead atoms. The second-order valence-electron chi connectivity index (χ2n) is 3.69. The summed E-state index contributed by atoms with van der Waals surface area (Å²) in [5.41, 5.74) is 3.06. The number of nitrogens with zero attached hydrogens (tertiary/aromatic N) is 2. The maximum atomic E-state index is 5.05. The highest BCUT2D eigenvalue weighted by Crippen LogP contribution is 2.26. The molecule has 84 valence electrons. The fourth-order valence-corrected chi connectivity index (χ4v) is 1.87. The minimum absolute atomic E-state index is 0.619. The Labute approximate surface area is 98.3 Å². The fraction of sp³-hybridized carbons (Fsp3) is 0.0769. The maximum Gasteiger partial charge on any atom is 0.212 e. The van der Waals surface area contributed by atoms with E-state index in [0.717, 1.165) is 22.2 Å². The number of pyridine rings is 2. The standard InChI is InChI=1S/C13H11N3O/c1-17-12-3-2-9(8-16-12)10-4-6-14-13-11(10)5-7-15-13/h2-8H,1H3,(H,14,15). The van der Waals surface area contributed by atoms with Gasteiger partial charge in [-0.05, 0) is 23.8 Å². The maximum absolute atomic E-state index is 5.05. The molecule has 0 fully saturated rings. The predicted octanol–water partition coefficient (Wildman–Crippen LogP) is 2.63. The average Bonchev–Trinajstić information content (AvgIpc) is 2.87. The first-order chi connectivity index (χ1) is 8.38. The molecular weight excluding hydrogens is 214 g/mol. The lowest BCUT2D eigenvalue weighted by Gasteiger charge is -2.04. The van der Waals surface area contributed by atoms with E-state index in [2.05, 4.69) is 15.0 Å². The number of H-pyrrole nitrogens is 1. The van der Waals surface area contributed by atoms with Crippen LogP contribution in [0.25, 0.3) is 22.2 Å². The molecule has 0 atom stereocenters. The first-order valence-electron chi connectivity index (χ1n) is 5.31. The Morgan fingerprint density at radius 2 is 2.06 bits per heavy atom. The van der Waals surface area contributed by atoms with Crippen LogP contribution in [0.3, 0.4) is 0 Å². The van der Waals surface area contributed by atoms with Gasteiger partial charge in [-0.15, -0.1) is 0 Å². The van der Waals surface area contributed by atoms with Crippen LogP contribution in [0.1, 0.15) is 0 Å². The van der Waals surface area contributed by atoms with Crippen LogP contribution < -0.4 is 4.74 Å². The van der Waals surface area contributed by atoms with Crippen molar-refractivity contribution in [1.29, 1.82) is 0 Å². The minimum Gasteiger partial charge on any atom is -0.481 e. The summed E-state index contributed by atoms with van der Waals surface area (Å²) in [6.45, 7) is 0. The molecule has 0 saturated heterocycles. The summed E-state index contributed by atoms with van der Waals surface area (Å²) in [5, 5.41) is 1.10. The van der Waals surface area contributed by atoms with Gasteiger partial charge in [0.15, 0.2) is 0 Å². The van der Waals surface area contributed by atoms with Gasteiger partial charge in [-0.1, -0.05) is 0 Å². The zero-order valence-electron chi connectivity index (χ0n) is 9.34. The SMILES string of the molecule is COc1ccc(-c2ccnc3[nH]ccc23)cn1. The first kappa shape index (κ1) is 9.84. The van der Waals surface area contributed by atoms with Crippen LogP contribution >= 0.6 is 0 Å².